The molecule has 1 fully saturated rings. The number of urea groups is 1. The number of hydrogen-bond acceptors (Lipinski definition) is 2. The van der Waals surface area contributed by atoms with Crippen molar-refractivity contribution in [2.24, 2.45) is 0 Å². The van der Waals surface area contributed by atoms with Crippen molar-refractivity contribution >= 4 is 23.3 Å². The van der Waals surface area contributed by atoms with E-state index in [1.54, 1.807) is 54.6 Å². The summed E-state index contributed by atoms with van der Waals surface area (Å²) in [5.74, 6) is -5.36. The molecule has 4 rings (SSSR count). The Hall–Kier alpha value is -3.54. The van der Waals surface area contributed by atoms with Crippen LogP contribution in [0, 0.1) is 13.8 Å². The van der Waals surface area contributed by atoms with Gasteiger partial charge >= 0.3 is 17.9 Å². The van der Waals surface area contributed by atoms with E-state index in [0.717, 1.165) is 16.0 Å². The predicted octanol–water partition coefficient (Wildman–Crippen LogP) is 5.65. The molecule has 1 heterocycles. The highest BCUT2D eigenvalue weighted by Crippen LogP contribution is 2.45. The molecule has 1 atom stereocenters. The van der Waals surface area contributed by atoms with Crippen LogP contribution in [0.15, 0.2) is 78.9 Å². The topological polar surface area (TPSA) is 40.6 Å². The third-order valence-electron chi connectivity index (χ3n) is 5.21. The van der Waals surface area contributed by atoms with E-state index in [1.807, 2.05) is 13.8 Å². The van der Waals surface area contributed by atoms with Gasteiger partial charge in [0.15, 0.2) is 0 Å². The molecule has 1 aliphatic rings. The molecule has 0 aliphatic carbocycles. The van der Waals surface area contributed by atoms with E-state index < -0.39 is 23.9 Å². The van der Waals surface area contributed by atoms with Crippen LogP contribution < -0.4 is 9.80 Å². The minimum absolute atomic E-state index is 0.110. The molecule has 1 saturated heterocycles. The summed E-state index contributed by atoms with van der Waals surface area (Å²) in [7, 11) is 0. The molecule has 0 saturated carbocycles. The number of carbonyl (C=O) groups is 2. The average Bonchev–Trinajstić information content (AvgIpc) is 2.73. The van der Waals surface area contributed by atoms with Gasteiger partial charge in [0.05, 0.1) is 5.69 Å². The molecule has 0 bridgehead atoms. The molecule has 0 spiro atoms. The second-order valence-electron chi connectivity index (χ2n) is 7.40. The summed E-state index contributed by atoms with van der Waals surface area (Å²) in [5, 5.41) is 0. The van der Waals surface area contributed by atoms with Crippen LogP contribution in [0.4, 0.5) is 25.0 Å². The molecule has 0 aromatic heterocycles. The number of alkyl halides is 2. The molecule has 1 aliphatic heterocycles. The molecular formula is C24H20F2N2O2. The van der Waals surface area contributed by atoms with E-state index in [2.05, 4.69) is 0 Å². The van der Waals surface area contributed by atoms with Gasteiger partial charge in [0.2, 0.25) is 0 Å². The van der Waals surface area contributed by atoms with Crippen LogP contribution in [0.2, 0.25) is 0 Å². The van der Waals surface area contributed by atoms with Gasteiger partial charge in [-0.05, 0) is 43.7 Å². The number of nitrogens with zero attached hydrogens (tertiary/aromatic N) is 2. The van der Waals surface area contributed by atoms with Crippen LogP contribution in [-0.4, -0.2) is 17.9 Å². The minimum atomic E-state index is -3.83. The van der Waals surface area contributed by atoms with Crippen molar-refractivity contribution in [3.05, 3.63) is 95.6 Å². The third-order valence-corrected chi connectivity index (χ3v) is 5.21. The van der Waals surface area contributed by atoms with Gasteiger partial charge in [0.1, 0.15) is 6.04 Å². The largest absolute Gasteiger partial charge is 0.349 e. The maximum absolute atomic E-state index is 15.6. The monoisotopic (exact) mass is 406 g/mol. The van der Waals surface area contributed by atoms with Crippen molar-refractivity contribution < 1.29 is 18.4 Å². The number of amides is 3. The highest BCUT2D eigenvalue weighted by molar-refractivity contribution is 6.24. The van der Waals surface area contributed by atoms with E-state index >= 15 is 8.78 Å². The SMILES string of the molecule is Cc1ccc(N2C(=O)N(c3ccc(C)cc3)C(c3ccccc3)C(F)(F)C2=O)cc1. The molecule has 3 amide bonds. The van der Waals surface area contributed by atoms with Crippen LogP contribution in [0.5, 0.6) is 0 Å². The van der Waals surface area contributed by atoms with Gasteiger partial charge in [-0.2, -0.15) is 8.78 Å². The molecular weight excluding hydrogens is 386 g/mol. The van der Waals surface area contributed by atoms with Crippen LogP contribution in [-0.2, 0) is 4.79 Å². The lowest BCUT2D eigenvalue weighted by Gasteiger charge is -2.44. The fraction of sp³-hybridized carbons (Fsp3) is 0.167. The first kappa shape index (κ1) is 19.8. The van der Waals surface area contributed by atoms with E-state index in [9.17, 15) is 9.59 Å². The Labute approximate surface area is 173 Å². The Balaban J connectivity index is 1.90. The molecule has 0 radical (unpaired) electrons. The van der Waals surface area contributed by atoms with Gasteiger partial charge in [-0.3, -0.25) is 9.69 Å². The summed E-state index contributed by atoms with van der Waals surface area (Å²) < 4.78 is 31.1. The number of hydrogen-bond donors (Lipinski definition) is 0. The number of carbonyl (C=O) groups excluding carboxylic acids is 2. The molecule has 1 unspecified atom stereocenters. The lowest BCUT2D eigenvalue weighted by atomic mass is 9.94. The van der Waals surface area contributed by atoms with Crippen molar-refractivity contribution in [2.75, 3.05) is 9.80 Å². The second-order valence-corrected chi connectivity index (χ2v) is 7.40. The van der Waals surface area contributed by atoms with Crippen LogP contribution >= 0.6 is 0 Å². The van der Waals surface area contributed by atoms with Gasteiger partial charge in [-0.15, -0.1) is 0 Å². The first-order chi connectivity index (χ1) is 14.3. The Morgan fingerprint density at radius 1 is 0.733 bits per heavy atom. The zero-order valence-electron chi connectivity index (χ0n) is 16.5. The summed E-state index contributed by atoms with van der Waals surface area (Å²) in [4.78, 5) is 27.9. The van der Waals surface area contributed by atoms with E-state index in [-0.39, 0.29) is 11.3 Å². The van der Waals surface area contributed by atoms with Crippen molar-refractivity contribution in [3.63, 3.8) is 0 Å². The number of aryl methyl sites for hydroxylation is 2. The van der Waals surface area contributed by atoms with Gasteiger partial charge in [0.25, 0.3) is 0 Å². The molecule has 30 heavy (non-hydrogen) atoms. The first-order valence-corrected chi connectivity index (χ1v) is 9.54. The summed E-state index contributed by atoms with van der Waals surface area (Å²) in [6.07, 6.45) is 0. The quantitative estimate of drug-likeness (QED) is 0.564. The maximum Gasteiger partial charge on any atom is 0.349 e. The first-order valence-electron chi connectivity index (χ1n) is 9.54. The van der Waals surface area contributed by atoms with Gasteiger partial charge in [-0.25, -0.2) is 9.69 Å². The van der Waals surface area contributed by atoms with Gasteiger partial charge in [-0.1, -0.05) is 65.7 Å². The Kier molecular flexibility index (Phi) is 4.86. The molecule has 3 aromatic carbocycles. The normalized spacial score (nSPS) is 18.6. The molecule has 0 N–H and O–H groups in total. The molecule has 152 valence electrons. The highest BCUT2D eigenvalue weighted by Gasteiger charge is 2.60. The average molecular weight is 406 g/mol. The highest BCUT2D eigenvalue weighted by atomic mass is 19.3. The van der Waals surface area contributed by atoms with E-state index in [1.165, 1.54) is 24.3 Å². The Bertz CT molecular complexity index is 1080. The van der Waals surface area contributed by atoms with Crippen molar-refractivity contribution in [3.8, 4) is 0 Å². The Morgan fingerprint density at radius 3 is 1.77 bits per heavy atom. The summed E-state index contributed by atoms with van der Waals surface area (Å²) >= 11 is 0. The van der Waals surface area contributed by atoms with Gasteiger partial charge < -0.3 is 0 Å². The maximum atomic E-state index is 15.6. The second kappa shape index (κ2) is 7.37. The van der Waals surface area contributed by atoms with Crippen LogP contribution in [0.3, 0.4) is 0 Å². The molecule has 6 heteroatoms. The smallest absolute Gasteiger partial charge is 0.279 e. The van der Waals surface area contributed by atoms with Crippen molar-refractivity contribution in [2.45, 2.75) is 25.8 Å². The number of imide groups is 1. The lowest BCUT2D eigenvalue weighted by molar-refractivity contribution is -0.146. The Morgan fingerprint density at radius 2 is 1.23 bits per heavy atom. The van der Waals surface area contributed by atoms with Crippen LogP contribution in [0.1, 0.15) is 22.7 Å². The predicted molar refractivity (Wildman–Crippen MR) is 112 cm³/mol. The third kappa shape index (κ3) is 3.24. The minimum Gasteiger partial charge on any atom is -0.279 e. The number of anilines is 2. The standard InChI is InChI=1S/C24H20F2N2O2/c1-16-8-12-19(13-9-16)27-21(18-6-4-3-5-7-18)24(25,26)22(29)28(23(27)30)20-14-10-17(2)11-15-20/h3-15,21H,1-2H3. The number of rotatable bonds is 3. The zero-order valence-corrected chi connectivity index (χ0v) is 16.5. The number of halogens is 2. The summed E-state index contributed by atoms with van der Waals surface area (Å²) in [6, 6.07) is 18.4. The van der Waals surface area contributed by atoms with E-state index in [0.29, 0.717) is 10.6 Å². The van der Waals surface area contributed by atoms with Crippen molar-refractivity contribution in [1.82, 2.24) is 0 Å². The van der Waals surface area contributed by atoms with Crippen LogP contribution in [0.25, 0.3) is 0 Å². The lowest BCUT2D eigenvalue weighted by Crippen LogP contribution is -2.64. The summed E-state index contributed by atoms with van der Waals surface area (Å²) in [6.45, 7) is 3.70. The zero-order chi connectivity index (χ0) is 21.5. The fourth-order valence-electron chi connectivity index (χ4n) is 3.61. The molecule has 4 nitrogen and oxygen atoms in total. The number of benzene rings is 3. The summed E-state index contributed by atoms with van der Waals surface area (Å²) in [5.41, 5.74) is 2.41. The van der Waals surface area contributed by atoms with Crippen molar-refractivity contribution in [1.29, 1.82) is 0 Å². The van der Waals surface area contributed by atoms with E-state index in [4.69, 9.17) is 0 Å². The fourth-order valence-corrected chi connectivity index (χ4v) is 3.61. The molecule has 3 aromatic rings. The van der Waals surface area contributed by atoms with Gasteiger partial charge in [0, 0.05) is 5.69 Å².